The van der Waals surface area contributed by atoms with Gasteiger partial charge in [-0.05, 0) is 29.8 Å². The highest BCUT2D eigenvalue weighted by molar-refractivity contribution is 7.99. The van der Waals surface area contributed by atoms with Gasteiger partial charge >= 0.3 is 0 Å². The summed E-state index contributed by atoms with van der Waals surface area (Å²) in [7, 11) is 3.88. The molecule has 7 heteroatoms. The Balaban J connectivity index is 1.75. The summed E-state index contributed by atoms with van der Waals surface area (Å²) in [6.07, 6.45) is -1.47. The average Bonchev–Trinajstić information content (AvgIpc) is 2.62. The lowest BCUT2D eigenvalue weighted by molar-refractivity contribution is -0.0786. The van der Waals surface area contributed by atoms with Gasteiger partial charge in [-0.3, -0.25) is 0 Å². The predicted octanol–water partition coefficient (Wildman–Crippen LogP) is 1.35. The summed E-state index contributed by atoms with van der Waals surface area (Å²) >= 11 is 1.28. The number of hydrogen-bond donors (Lipinski definition) is 3. The Morgan fingerprint density at radius 3 is 2.56 bits per heavy atom. The Hall–Kier alpha value is -1.80. The zero-order chi connectivity index (χ0) is 18.0. The number of anilines is 1. The molecular weight excluding hydrogens is 340 g/mol. The van der Waals surface area contributed by atoms with E-state index in [1.807, 2.05) is 49.3 Å². The summed E-state index contributed by atoms with van der Waals surface area (Å²) in [5.41, 5.74) is 1.29. The molecule has 0 saturated carbocycles. The molecule has 1 fully saturated rings. The van der Waals surface area contributed by atoms with Crippen LogP contribution >= 0.6 is 11.8 Å². The summed E-state index contributed by atoms with van der Waals surface area (Å²) in [5, 5.41) is 29.4. The van der Waals surface area contributed by atoms with E-state index in [4.69, 9.17) is 4.74 Å². The van der Waals surface area contributed by atoms with E-state index >= 15 is 0 Å². The summed E-state index contributed by atoms with van der Waals surface area (Å²) in [4.78, 5) is 6.35. The molecule has 1 aromatic carbocycles. The zero-order valence-corrected chi connectivity index (χ0v) is 14.9. The molecule has 1 saturated heterocycles. The zero-order valence-electron chi connectivity index (χ0n) is 14.1. The minimum absolute atomic E-state index is 0.318. The summed E-state index contributed by atoms with van der Waals surface area (Å²) < 4.78 is 5.82. The largest absolute Gasteiger partial charge is 0.477 e. The number of thioether (sulfide) groups is 1. The van der Waals surface area contributed by atoms with E-state index in [1.54, 1.807) is 12.3 Å². The third-order valence-corrected chi connectivity index (χ3v) is 5.32. The molecule has 1 aliphatic heterocycles. The highest BCUT2D eigenvalue weighted by Crippen LogP contribution is 2.31. The lowest BCUT2D eigenvalue weighted by Gasteiger charge is -2.34. The molecule has 1 aromatic heterocycles. The van der Waals surface area contributed by atoms with Crippen molar-refractivity contribution in [2.45, 2.75) is 23.7 Å². The summed E-state index contributed by atoms with van der Waals surface area (Å²) in [6, 6.07) is 11.4. The van der Waals surface area contributed by atoms with E-state index in [1.165, 1.54) is 11.8 Å². The van der Waals surface area contributed by atoms with Crippen LogP contribution in [0.15, 0.2) is 42.6 Å². The number of benzene rings is 1. The Morgan fingerprint density at radius 1 is 1.08 bits per heavy atom. The normalized spacial score (nSPS) is 26.3. The second kappa shape index (κ2) is 7.61. The first kappa shape index (κ1) is 18.0. The van der Waals surface area contributed by atoms with Crippen LogP contribution in [0.4, 0.5) is 5.82 Å². The van der Waals surface area contributed by atoms with E-state index < -0.39 is 23.7 Å². The number of nitrogens with zero attached hydrogens (tertiary/aromatic N) is 2. The van der Waals surface area contributed by atoms with Gasteiger partial charge in [0.15, 0.2) is 5.44 Å². The number of aliphatic hydroxyl groups is 3. The maximum Gasteiger partial charge on any atom is 0.173 e. The maximum absolute atomic E-state index is 10.1. The van der Waals surface area contributed by atoms with Crippen molar-refractivity contribution in [1.29, 1.82) is 0 Å². The average molecular weight is 362 g/mol. The molecule has 6 nitrogen and oxygen atoms in total. The smallest absolute Gasteiger partial charge is 0.173 e. The van der Waals surface area contributed by atoms with Crippen LogP contribution in [0.25, 0.3) is 11.1 Å². The standard InChI is InChI=1S/C18H22N2O4S/c1-20(2)15-7-6-12(9-19-15)11-4-3-5-13(8-11)24-18-17(23)16(22)14(21)10-25-18/h3-9,14,16-18,21-23H,10H2,1-2H3/t14-,16+,17-,18-/m1/s1. The molecule has 0 radical (unpaired) electrons. The molecule has 134 valence electrons. The van der Waals surface area contributed by atoms with Gasteiger partial charge in [0, 0.05) is 31.6 Å². The fraction of sp³-hybridized carbons (Fsp3) is 0.389. The van der Waals surface area contributed by atoms with E-state index in [2.05, 4.69) is 4.98 Å². The van der Waals surface area contributed by atoms with Crippen LogP contribution in [0.3, 0.4) is 0 Å². The molecule has 0 amide bonds. The van der Waals surface area contributed by atoms with Gasteiger partial charge in [0.05, 0.1) is 6.10 Å². The third-order valence-electron chi connectivity index (χ3n) is 4.08. The Morgan fingerprint density at radius 2 is 1.88 bits per heavy atom. The first-order valence-corrected chi connectivity index (χ1v) is 9.07. The number of rotatable bonds is 4. The monoisotopic (exact) mass is 362 g/mol. The van der Waals surface area contributed by atoms with Gasteiger partial charge < -0.3 is 25.0 Å². The van der Waals surface area contributed by atoms with Crippen molar-refractivity contribution in [3.8, 4) is 16.9 Å². The fourth-order valence-electron chi connectivity index (χ4n) is 2.59. The van der Waals surface area contributed by atoms with Gasteiger partial charge in [-0.1, -0.05) is 12.1 Å². The van der Waals surface area contributed by atoms with Gasteiger partial charge in [-0.15, -0.1) is 11.8 Å². The minimum atomic E-state index is -1.20. The number of ether oxygens (including phenoxy) is 1. The quantitative estimate of drug-likeness (QED) is 0.757. The molecule has 25 heavy (non-hydrogen) atoms. The number of hydrogen-bond acceptors (Lipinski definition) is 7. The molecule has 0 unspecified atom stereocenters. The highest BCUT2D eigenvalue weighted by atomic mass is 32.2. The van der Waals surface area contributed by atoms with Crippen LogP contribution in [0, 0.1) is 0 Å². The lowest BCUT2D eigenvalue weighted by atomic mass is 10.1. The van der Waals surface area contributed by atoms with Crippen molar-refractivity contribution < 1.29 is 20.1 Å². The van der Waals surface area contributed by atoms with Crippen molar-refractivity contribution in [3.05, 3.63) is 42.6 Å². The van der Waals surface area contributed by atoms with Crippen molar-refractivity contribution in [1.82, 2.24) is 4.98 Å². The van der Waals surface area contributed by atoms with E-state index in [0.717, 1.165) is 16.9 Å². The van der Waals surface area contributed by atoms with Gasteiger partial charge in [0.2, 0.25) is 0 Å². The molecule has 3 N–H and O–H groups in total. The van der Waals surface area contributed by atoms with Crippen LogP contribution in [0.1, 0.15) is 0 Å². The molecule has 1 aliphatic rings. The van der Waals surface area contributed by atoms with Gasteiger partial charge in [-0.2, -0.15) is 0 Å². The number of aliphatic hydroxyl groups excluding tert-OH is 3. The van der Waals surface area contributed by atoms with Crippen LogP contribution in [-0.4, -0.2) is 63.9 Å². The molecule has 2 heterocycles. The molecule has 4 atom stereocenters. The summed E-state index contributed by atoms with van der Waals surface area (Å²) in [6.45, 7) is 0. The molecule has 0 aliphatic carbocycles. The van der Waals surface area contributed by atoms with Crippen molar-refractivity contribution in [2.24, 2.45) is 0 Å². The Labute approximate surface area is 151 Å². The number of aromatic nitrogens is 1. The van der Waals surface area contributed by atoms with E-state index in [-0.39, 0.29) is 0 Å². The molecule has 3 rings (SSSR count). The molecular formula is C18H22N2O4S. The maximum atomic E-state index is 10.1. The first-order chi connectivity index (χ1) is 12.0. The van der Waals surface area contributed by atoms with Crippen molar-refractivity contribution in [2.75, 3.05) is 24.7 Å². The van der Waals surface area contributed by atoms with E-state index in [9.17, 15) is 15.3 Å². The molecule has 2 aromatic rings. The predicted molar refractivity (Wildman–Crippen MR) is 98.9 cm³/mol. The highest BCUT2D eigenvalue weighted by Gasteiger charge is 2.38. The number of pyridine rings is 1. The minimum Gasteiger partial charge on any atom is -0.477 e. The van der Waals surface area contributed by atoms with Crippen molar-refractivity contribution >= 4 is 17.6 Å². The molecule has 0 spiro atoms. The first-order valence-electron chi connectivity index (χ1n) is 8.02. The van der Waals surface area contributed by atoms with Gasteiger partial charge in [0.25, 0.3) is 0 Å². The fourth-order valence-corrected chi connectivity index (χ4v) is 3.71. The topological polar surface area (TPSA) is 86.1 Å². The second-order valence-corrected chi connectivity index (χ2v) is 7.33. The van der Waals surface area contributed by atoms with Gasteiger partial charge in [0.1, 0.15) is 23.8 Å². The van der Waals surface area contributed by atoms with E-state index in [0.29, 0.717) is 11.5 Å². The Bertz CT molecular complexity index is 710. The van der Waals surface area contributed by atoms with Crippen LogP contribution < -0.4 is 9.64 Å². The van der Waals surface area contributed by atoms with Gasteiger partial charge in [-0.25, -0.2) is 4.98 Å². The third kappa shape index (κ3) is 4.07. The Kier molecular flexibility index (Phi) is 5.48. The van der Waals surface area contributed by atoms with Crippen LogP contribution in [-0.2, 0) is 0 Å². The van der Waals surface area contributed by atoms with Crippen LogP contribution in [0.2, 0.25) is 0 Å². The lowest BCUT2D eigenvalue weighted by Crippen LogP contribution is -2.50. The molecule has 0 bridgehead atoms. The summed E-state index contributed by atoms with van der Waals surface area (Å²) in [5.74, 6) is 1.79. The second-order valence-electron chi connectivity index (χ2n) is 6.20. The van der Waals surface area contributed by atoms with Crippen LogP contribution in [0.5, 0.6) is 5.75 Å². The SMILES string of the molecule is CN(C)c1ccc(-c2cccc(O[C@@H]3SC[C@@H](O)[C@H](O)[C@H]3O)c2)cn1. The van der Waals surface area contributed by atoms with Crippen molar-refractivity contribution in [3.63, 3.8) is 0 Å².